The number of sulfonamides is 1. The smallest absolute Gasteiger partial charge is 0.371 e. The Kier molecular flexibility index (Phi) is 4.82. The highest BCUT2D eigenvalue weighted by molar-refractivity contribution is 7.89. The molecule has 0 saturated carbocycles. The molecule has 1 heterocycles. The summed E-state index contributed by atoms with van der Waals surface area (Å²) in [5.41, 5.74) is 0.809. The zero-order valence-electron chi connectivity index (χ0n) is 11.9. The Morgan fingerprint density at radius 1 is 1.09 bits per heavy atom. The van der Waals surface area contributed by atoms with Crippen molar-refractivity contribution in [2.45, 2.75) is 11.3 Å². The largest absolute Gasteiger partial charge is 0.475 e. The summed E-state index contributed by atoms with van der Waals surface area (Å²) in [6.07, 6.45) is 0.461. The predicted octanol–water partition coefficient (Wildman–Crippen LogP) is 0.598. The molecule has 0 atom stereocenters. The van der Waals surface area contributed by atoms with Crippen molar-refractivity contribution >= 4 is 21.9 Å². The predicted molar refractivity (Wildman–Crippen MR) is 79.5 cm³/mol. The molecule has 0 unspecified atom stereocenters. The molecule has 1 aromatic carbocycles. The van der Waals surface area contributed by atoms with E-state index < -0.39 is 21.9 Å². The van der Waals surface area contributed by atoms with Crippen molar-refractivity contribution < 1.29 is 27.5 Å². The van der Waals surface area contributed by atoms with Crippen molar-refractivity contribution in [3.63, 3.8) is 0 Å². The number of hydrogen-bond acceptors (Lipinski definition) is 5. The van der Waals surface area contributed by atoms with Crippen molar-refractivity contribution in [2.75, 3.05) is 6.54 Å². The molecule has 4 N–H and O–H groups in total. The van der Waals surface area contributed by atoms with Crippen molar-refractivity contribution in [3.8, 4) is 0 Å². The minimum absolute atomic E-state index is 0.0158. The number of carbonyl (C=O) groups is 2. The fourth-order valence-corrected chi connectivity index (χ4v) is 2.34. The highest BCUT2D eigenvalue weighted by atomic mass is 32.2. The Bertz CT molecular complexity index is 823. The third kappa shape index (κ3) is 4.41. The Labute approximate surface area is 132 Å². The van der Waals surface area contributed by atoms with Crippen molar-refractivity contribution in [1.82, 2.24) is 5.32 Å². The molecule has 0 radical (unpaired) electrons. The molecule has 9 heteroatoms. The molecule has 23 heavy (non-hydrogen) atoms. The van der Waals surface area contributed by atoms with Gasteiger partial charge in [0.25, 0.3) is 5.91 Å². The lowest BCUT2D eigenvalue weighted by Crippen LogP contribution is -2.25. The average molecular weight is 338 g/mol. The number of carboxylic acids is 1. The molecular formula is C14H14N2O6S. The van der Waals surface area contributed by atoms with Crippen molar-refractivity contribution in [2.24, 2.45) is 5.14 Å². The van der Waals surface area contributed by atoms with Gasteiger partial charge in [-0.2, -0.15) is 0 Å². The number of nitrogens with two attached hydrogens (primary N) is 1. The summed E-state index contributed by atoms with van der Waals surface area (Å²) in [6.45, 7) is 0.274. The van der Waals surface area contributed by atoms with Gasteiger partial charge in [-0.15, -0.1) is 0 Å². The van der Waals surface area contributed by atoms with Gasteiger partial charge in [-0.05, 0) is 36.2 Å². The third-order valence-corrected chi connectivity index (χ3v) is 3.92. The normalized spacial score (nSPS) is 11.2. The maximum Gasteiger partial charge on any atom is 0.371 e. The number of benzene rings is 1. The molecule has 1 amide bonds. The summed E-state index contributed by atoms with van der Waals surface area (Å²) in [7, 11) is -3.72. The van der Waals surface area contributed by atoms with Crippen LogP contribution >= 0.6 is 0 Å². The molecule has 0 aliphatic heterocycles. The third-order valence-electron chi connectivity index (χ3n) is 2.99. The molecule has 122 valence electrons. The second-order valence-corrected chi connectivity index (χ2v) is 6.23. The first kappa shape index (κ1) is 16.7. The number of furan rings is 1. The lowest BCUT2D eigenvalue weighted by molar-refractivity contribution is 0.0659. The van der Waals surface area contributed by atoms with Crippen LogP contribution in [0.2, 0.25) is 0 Å². The highest BCUT2D eigenvalue weighted by Gasteiger charge is 2.14. The molecule has 0 saturated heterocycles. The lowest BCUT2D eigenvalue weighted by atomic mass is 10.1. The molecule has 2 rings (SSSR count). The number of hydrogen-bond donors (Lipinski definition) is 3. The van der Waals surface area contributed by atoms with Crippen LogP contribution in [-0.2, 0) is 16.4 Å². The molecule has 8 nitrogen and oxygen atoms in total. The summed E-state index contributed by atoms with van der Waals surface area (Å²) in [6, 6.07) is 8.45. The molecule has 1 aromatic heterocycles. The van der Waals surface area contributed by atoms with Crippen LogP contribution in [0.5, 0.6) is 0 Å². The highest BCUT2D eigenvalue weighted by Crippen LogP contribution is 2.10. The summed E-state index contributed by atoms with van der Waals surface area (Å²) < 4.78 is 27.1. The minimum Gasteiger partial charge on any atom is -0.475 e. The van der Waals surface area contributed by atoms with Gasteiger partial charge in [0.2, 0.25) is 15.8 Å². The number of carboxylic acid groups (broad SMARTS) is 1. The van der Waals surface area contributed by atoms with Gasteiger partial charge in [0.05, 0.1) is 4.90 Å². The van der Waals surface area contributed by atoms with Crippen LogP contribution in [0.4, 0.5) is 0 Å². The topological polar surface area (TPSA) is 140 Å². The van der Waals surface area contributed by atoms with Gasteiger partial charge in [-0.1, -0.05) is 12.1 Å². The van der Waals surface area contributed by atoms with E-state index in [-0.39, 0.29) is 23.0 Å². The number of aromatic carboxylic acids is 1. The fraction of sp³-hybridized carbons (Fsp3) is 0.143. The van der Waals surface area contributed by atoms with Crippen LogP contribution in [0.15, 0.2) is 45.7 Å². The number of amides is 1. The summed E-state index contributed by atoms with van der Waals surface area (Å²) in [4.78, 5) is 22.4. The molecule has 0 spiro atoms. The first-order valence-electron chi connectivity index (χ1n) is 6.50. The zero-order chi connectivity index (χ0) is 17.0. The van der Waals surface area contributed by atoms with Crippen LogP contribution in [0.3, 0.4) is 0 Å². The van der Waals surface area contributed by atoms with Crippen LogP contribution in [0.1, 0.15) is 26.7 Å². The lowest BCUT2D eigenvalue weighted by Gasteiger charge is -2.04. The number of primary sulfonamides is 1. The Morgan fingerprint density at radius 2 is 1.70 bits per heavy atom. The van der Waals surface area contributed by atoms with E-state index in [1.54, 1.807) is 12.1 Å². The van der Waals surface area contributed by atoms with Crippen molar-refractivity contribution in [3.05, 3.63) is 53.5 Å². The van der Waals surface area contributed by atoms with E-state index in [4.69, 9.17) is 14.7 Å². The second kappa shape index (κ2) is 6.63. The fourth-order valence-electron chi connectivity index (χ4n) is 1.83. The summed E-state index contributed by atoms with van der Waals surface area (Å²) >= 11 is 0. The molecule has 0 bridgehead atoms. The first-order chi connectivity index (χ1) is 10.8. The minimum atomic E-state index is -3.72. The van der Waals surface area contributed by atoms with Gasteiger partial charge in [0.1, 0.15) is 0 Å². The van der Waals surface area contributed by atoms with Crippen LogP contribution in [0.25, 0.3) is 0 Å². The van der Waals surface area contributed by atoms with E-state index in [0.717, 1.165) is 5.56 Å². The Balaban J connectivity index is 1.89. The second-order valence-electron chi connectivity index (χ2n) is 4.66. The van der Waals surface area contributed by atoms with E-state index in [1.165, 1.54) is 24.3 Å². The summed E-state index contributed by atoms with van der Waals surface area (Å²) in [5, 5.41) is 16.3. The number of carbonyl (C=O) groups excluding carboxylic acids is 1. The molecule has 0 aliphatic carbocycles. The summed E-state index contributed by atoms with van der Waals surface area (Å²) in [5.74, 6) is -2.18. The molecule has 0 fully saturated rings. The van der Waals surface area contributed by atoms with Crippen LogP contribution < -0.4 is 10.5 Å². The molecular weight excluding hydrogens is 324 g/mol. The van der Waals surface area contributed by atoms with Gasteiger partial charge in [-0.25, -0.2) is 18.4 Å². The standard InChI is InChI=1S/C14H14N2O6S/c15-23(20,21)10-3-1-9(2-4-10)7-8-16-13(17)11-5-6-12(22-11)14(18)19/h1-6H,7-8H2,(H,16,17)(H,18,19)(H2,15,20,21). The SMILES string of the molecule is NS(=O)(=O)c1ccc(CCNC(=O)c2ccc(C(=O)O)o2)cc1. The van der Waals surface area contributed by atoms with Crippen molar-refractivity contribution in [1.29, 1.82) is 0 Å². The Hall–Kier alpha value is -2.65. The van der Waals surface area contributed by atoms with Gasteiger partial charge in [0, 0.05) is 6.54 Å². The van der Waals surface area contributed by atoms with Crippen LogP contribution in [-0.4, -0.2) is 31.9 Å². The number of rotatable bonds is 6. The molecule has 0 aliphatic rings. The van der Waals surface area contributed by atoms with Gasteiger partial charge >= 0.3 is 5.97 Å². The maximum atomic E-state index is 11.8. The van der Waals surface area contributed by atoms with E-state index in [0.29, 0.717) is 6.42 Å². The first-order valence-corrected chi connectivity index (χ1v) is 8.05. The quantitative estimate of drug-likeness (QED) is 0.704. The van der Waals surface area contributed by atoms with E-state index in [2.05, 4.69) is 5.32 Å². The number of nitrogens with one attached hydrogen (secondary N) is 1. The van der Waals surface area contributed by atoms with E-state index >= 15 is 0 Å². The Morgan fingerprint density at radius 3 is 2.22 bits per heavy atom. The molecule has 2 aromatic rings. The zero-order valence-corrected chi connectivity index (χ0v) is 12.7. The van der Waals surface area contributed by atoms with Gasteiger partial charge in [0.15, 0.2) is 5.76 Å². The van der Waals surface area contributed by atoms with E-state index in [1.807, 2.05) is 0 Å². The van der Waals surface area contributed by atoms with E-state index in [9.17, 15) is 18.0 Å². The van der Waals surface area contributed by atoms with Crippen LogP contribution in [0, 0.1) is 0 Å². The van der Waals surface area contributed by atoms with Gasteiger partial charge in [-0.3, -0.25) is 4.79 Å². The van der Waals surface area contributed by atoms with Gasteiger partial charge < -0.3 is 14.8 Å². The average Bonchev–Trinajstić information content (AvgIpc) is 2.97. The maximum absolute atomic E-state index is 11.8. The monoisotopic (exact) mass is 338 g/mol.